The first-order valence-electron chi connectivity index (χ1n) is 6.30. The fraction of sp³-hybridized carbons (Fsp3) is 0.462. The highest BCUT2D eigenvalue weighted by Gasteiger charge is 2.19. The van der Waals surface area contributed by atoms with E-state index in [1.165, 1.54) is 17.9 Å². The van der Waals surface area contributed by atoms with Crippen LogP contribution in [-0.2, 0) is 4.79 Å². The van der Waals surface area contributed by atoms with Crippen molar-refractivity contribution in [1.29, 1.82) is 0 Å². The summed E-state index contributed by atoms with van der Waals surface area (Å²) in [6.07, 6.45) is 1.26. The zero-order chi connectivity index (χ0) is 13.2. The molecule has 1 unspecified atom stereocenters. The van der Waals surface area contributed by atoms with Crippen LogP contribution in [0.2, 0.25) is 5.02 Å². The van der Waals surface area contributed by atoms with Crippen molar-refractivity contribution in [3.05, 3.63) is 17.2 Å². The van der Waals surface area contributed by atoms with Crippen molar-refractivity contribution in [2.75, 3.05) is 35.3 Å². The summed E-state index contributed by atoms with van der Waals surface area (Å²) in [6, 6.07) is 3.60. The Labute approximate surface area is 121 Å². The van der Waals surface area contributed by atoms with Crippen LogP contribution < -0.4 is 15.4 Å². The molecule has 1 saturated heterocycles. The molecule has 1 atom stereocenters. The highest BCUT2D eigenvalue weighted by molar-refractivity contribution is 7.99. The number of ether oxygens (including phenoxy) is 1. The minimum absolute atomic E-state index is 0.0628. The Hall–Kier alpha value is -1.07. The molecule has 1 amide bonds. The van der Waals surface area contributed by atoms with Gasteiger partial charge in [0.1, 0.15) is 5.75 Å². The highest BCUT2D eigenvalue weighted by atomic mass is 35.5. The van der Waals surface area contributed by atoms with Gasteiger partial charge in [-0.3, -0.25) is 4.79 Å². The molecule has 0 saturated carbocycles. The Bertz CT molecular complexity index is 504. The first kappa shape index (κ1) is 12.9. The lowest BCUT2D eigenvalue weighted by Gasteiger charge is -2.20. The Balaban J connectivity index is 1.72. The maximum Gasteiger partial charge on any atom is 0.262 e. The number of anilines is 2. The molecule has 2 aliphatic rings. The number of benzene rings is 1. The fourth-order valence-electron chi connectivity index (χ4n) is 2.23. The molecule has 0 bridgehead atoms. The third-order valence-corrected chi connectivity index (χ3v) is 4.85. The number of rotatable bonds is 3. The number of nitrogens with one attached hydrogen (secondary N) is 2. The first-order valence-corrected chi connectivity index (χ1v) is 7.83. The zero-order valence-corrected chi connectivity index (χ0v) is 11.9. The van der Waals surface area contributed by atoms with Crippen LogP contribution in [0.1, 0.15) is 6.42 Å². The molecule has 19 heavy (non-hydrogen) atoms. The molecule has 6 heteroatoms. The van der Waals surface area contributed by atoms with Crippen molar-refractivity contribution in [3.8, 4) is 5.75 Å². The summed E-state index contributed by atoms with van der Waals surface area (Å²) in [5.41, 5.74) is 1.51. The van der Waals surface area contributed by atoms with Gasteiger partial charge in [0.25, 0.3) is 5.91 Å². The van der Waals surface area contributed by atoms with Gasteiger partial charge < -0.3 is 15.4 Å². The fourth-order valence-corrected chi connectivity index (χ4v) is 3.75. The van der Waals surface area contributed by atoms with E-state index in [-0.39, 0.29) is 12.5 Å². The minimum atomic E-state index is -0.146. The molecule has 4 nitrogen and oxygen atoms in total. The molecule has 1 aromatic carbocycles. The molecule has 1 aromatic rings. The summed E-state index contributed by atoms with van der Waals surface area (Å²) in [4.78, 5) is 11.2. The van der Waals surface area contributed by atoms with Crippen molar-refractivity contribution in [2.45, 2.75) is 6.42 Å². The van der Waals surface area contributed by atoms with Gasteiger partial charge in [0.2, 0.25) is 0 Å². The van der Waals surface area contributed by atoms with Crippen molar-refractivity contribution in [2.24, 2.45) is 5.92 Å². The largest absolute Gasteiger partial charge is 0.482 e. The Kier molecular flexibility index (Phi) is 3.75. The van der Waals surface area contributed by atoms with Crippen molar-refractivity contribution < 1.29 is 9.53 Å². The highest BCUT2D eigenvalue weighted by Crippen LogP contribution is 2.36. The summed E-state index contributed by atoms with van der Waals surface area (Å²) in [5.74, 6) is 3.69. The molecule has 0 spiro atoms. The minimum Gasteiger partial charge on any atom is -0.482 e. The van der Waals surface area contributed by atoms with Crippen LogP contribution in [-0.4, -0.2) is 30.6 Å². The normalized spacial score (nSPS) is 21.5. The average molecular weight is 299 g/mol. The molecule has 0 aliphatic carbocycles. The predicted molar refractivity (Wildman–Crippen MR) is 79.5 cm³/mol. The Morgan fingerprint density at radius 1 is 1.53 bits per heavy atom. The monoisotopic (exact) mass is 298 g/mol. The lowest BCUT2D eigenvalue weighted by atomic mass is 10.1. The number of thioether (sulfide) groups is 1. The lowest BCUT2D eigenvalue weighted by molar-refractivity contribution is -0.118. The topological polar surface area (TPSA) is 50.4 Å². The smallest absolute Gasteiger partial charge is 0.262 e. The second-order valence-corrected chi connectivity index (χ2v) is 6.33. The number of halogens is 1. The molecule has 2 heterocycles. The molecule has 2 aliphatic heterocycles. The van der Waals surface area contributed by atoms with Crippen LogP contribution in [0.5, 0.6) is 5.75 Å². The number of carbonyl (C=O) groups is 1. The van der Waals surface area contributed by atoms with Crippen LogP contribution in [0.25, 0.3) is 0 Å². The van der Waals surface area contributed by atoms with Gasteiger partial charge >= 0.3 is 0 Å². The van der Waals surface area contributed by atoms with Crippen molar-refractivity contribution in [1.82, 2.24) is 0 Å². The van der Waals surface area contributed by atoms with Crippen LogP contribution in [0.15, 0.2) is 12.1 Å². The van der Waals surface area contributed by atoms with E-state index in [4.69, 9.17) is 16.3 Å². The third-order valence-electron chi connectivity index (χ3n) is 3.31. The van der Waals surface area contributed by atoms with Gasteiger partial charge in [0.15, 0.2) is 6.61 Å². The molecular formula is C13H15ClN2O2S. The molecule has 3 rings (SSSR count). The molecule has 2 N–H and O–H groups in total. The summed E-state index contributed by atoms with van der Waals surface area (Å²) in [7, 11) is 0. The summed E-state index contributed by atoms with van der Waals surface area (Å²) >= 11 is 8.22. The van der Waals surface area contributed by atoms with Gasteiger partial charge in [-0.25, -0.2) is 0 Å². The van der Waals surface area contributed by atoms with Gasteiger partial charge in [-0.05, 0) is 29.9 Å². The number of amides is 1. The van der Waals surface area contributed by atoms with E-state index in [9.17, 15) is 4.79 Å². The molecule has 1 fully saturated rings. The van der Waals surface area contributed by atoms with E-state index in [1.807, 2.05) is 17.8 Å². The van der Waals surface area contributed by atoms with Gasteiger partial charge in [-0.2, -0.15) is 11.8 Å². The predicted octanol–water partition coefficient (Wildman–Crippen LogP) is 2.84. The standard InChI is InChI=1S/C13H15ClN2O2S/c14-9-3-11-12(18-6-13(17)16-11)4-10(9)15-5-8-1-2-19-7-8/h3-4,8,15H,1-2,5-7H2,(H,16,17). The lowest BCUT2D eigenvalue weighted by Crippen LogP contribution is -2.25. The van der Waals surface area contributed by atoms with E-state index >= 15 is 0 Å². The van der Waals surface area contributed by atoms with E-state index in [1.54, 1.807) is 6.07 Å². The van der Waals surface area contributed by atoms with E-state index in [2.05, 4.69) is 10.6 Å². The number of hydrogen-bond donors (Lipinski definition) is 2. The number of fused-ring (bicyclic) bond motifs is 1. The molecule has 102 valence electrons. The first-order chi connectivity index (χ1) is 9.22. The van der Waals surface area contributed by atoms with Crippen LogP contribution in [0.4, 0.5) is 11.4 Å². The Morgan fingerprint density at radius 2 is 2.42 bits per heavy atom. The molecule has 0 aromatic heterocycles. The second-order valence-electron chi connectivity index (χ2n) is 4.78. The van der Waals surface area contributed by atoms with E-state index in [0.29, 0.717) is 22.4 Å². The van der Waals surface area contributed by atoms with Gasteiger partial charge in [-0.15, -0.1) is 0 Å². The summed E-state index contributed by atoms with van der Waals surface area (Å²) in [5, 5.41) is 6.73. The van der Waals surface area contributed by atoms with Gasteiger partial charge in [-0.1, -0.05) is 11.6 Å². The average Bonchev–Trinajstić information content (AvgIpc) is 2.89. The van der Waals surface area contributed by atoms with Crippen LogP contribution in [0, 0.1) is 5.92 Å². The third kappa shape index (κ3) is 2.92. The van der Waals surface area contributed by atoms with Crippen LogP contribution >= 0.6 is 23.4 Å². The van der Waals surface area contributed by atoms with Crippen molar-refractivity contribution in [3.63, 3.8) is 0 Å². The van der Waals surface area contributed by atoms with Crippen LogP contribution in [0.3, 0.4) is 0 Å². The SMILES string of the molecule is O=C1COc2cc(NCC3CCSC3)c(Cl)cc2N1. The van der Waals surface area contributed by atoms with Crippen molar-refractivity contribution >= 4 is 40.6 Å². The van der Waals surface area contributed by atoms with Gasteiger partial charge in [0.05, 0.1) is 16.4 Å². The molecular weight excluding hydrogens is 284 g/mol. The van der Waals surface area contributed by atoms with E-state index in [0.717, 1.165) is 12.2 Å². The zero-order valence-electron chi connectivity index (χ0n) is 10.4. The summed E-state index contributed by atoms with van der Waals surface area (Å²) in [6.45, 7) is 0.991. The summed E-state index contributed by atoms with van der Waals surface area (Å²) < 4.78 is 5.39. The van der Waals surface area contributed by atoms with Gasteiger partial charge in [0, 0.05) is 12.6 Å². The second kappa shape index (κ2) is 5.51. The van der Waals surface area contributed by atoms with E-state index < -0.39 is 0 Å². The maximum absolute atomic E-state index is 11.2. The number of hydrogen-bond acceptors (Lipinski definition) is 4. The molecule has 0 radical (unpaired) electrons. The number of carbonyl (C=O) groups excluding carboxylic acids is 1. The maximum atomic E-state index is 11.2. The quantitative estimate of drug-likeness (QED) is 0.901. The Morgan fingerprint density at radius 3 is 3.21 bits per heavy atom.